The van der Waals surface area contributed by atoms with Gasteiger partial charge in [0, 0.05) is 37.3 Å². The Bertz CT molecular complexity index is 1000. The predicted molar refractivity (Wildman–Crippen MR) is 109 cm³/mol. The molecule has 1 heterocycles. The first-order valence-electron chi connectivity index (χ1n) is 9.10. The molecule has 1 unspecified atom stereocenters. The van der Waals surface area contributed by atoms with Crippen molar-refractivity contribution in [2.75, 3.05) is 29.2 Å². The summed E-state index contributed by atoms with van der Waals surface area (Å²) in [7, 11) is 1.35. The van der Waals surface area contributed by atoms with E-state index in [-0.39, 0.29) is 42.1 Å². The molecule has 0 bridgehead atoms. The summed E-state index contributed by atoms with van der Waals surface area (Å²) in [5, 5.41) is 16.2. The summed E-state index contributed by atoms with van der Waals surface area (Å²) < 4.78 is 5.12. The number of benzene rings is 2. The van der Waals surface area contributed by atoms with Crippen LogP contribution in [0.3, 0.4) is 0 Å². The molecule has 156 valence electrons. The average molecular weight is 412 g/mol. The third-order valence-corrected chi connectivity index (χ3v) is 4.65. The number of non-ortho nitro benzene ring substituents is 1. The van der Waals surface area contributed by atoms with Crippen molar-refractivity contribution < 1.29 is 24.0 Å². The predicted octanol–water partition coefficient (Wildman–Crippen LogP) is 2.55. The van der Waals surface area contributed by atoms with Gasteiger partial charge in [0.2, 0.25) is 17.7 Å². The second kappa shape index (κ2) is 8.60. The Morgan fingerprint density at radius 1 is 1.17 bits per heavy atom. The summed E-state index contributed by atoms with van der Waals surface area (Å²) in [6.07, 6.45) is 0.0363. The Morgan fingerprint density at radius 3 is 2.47 bits per heavy atom. The lowest BCUT2D eigenvalue weighted by Crippen LogP contribution is -2.28. The topological polar surface area (TPSA) is 131 Å². The van der Waals surface area contributed by atoms with Crippen LogP contribution in [0.25, 0.3) is 0 Å². The molecule has 30 heavy (non-hydrogen) atoms. The molecule has 2 N–H and O–H groups in total. The molecule has 2 aromatic rings. The van der Waals surface area contributed by atoms with Crippen molar-refractivity contribution in [1.82, 2.24) is 0 Å². The molecular weight excluding hydrogens is 392 g/mol. The molecule has 0 saturated carbocycles. The third-order valence-electron chi connectivity index (χ3n) is 4.65. The van der Waals surface area contributed by atoms with Crippen LogP contribution in [0.1, 0.15) is 13.3 Å². The highest BCUT2D eigenvalue weighted by molar-refractivity contribution is 6.04. The Hall–Kier alpha value is -3.95. The number of anilines is 3. The van der Waals surface area contributed by atoms with Crippen LogP contribution in [-0.4, -0.2) is 36.3 Å². The van der Waals surface area contributed by atoms with Crippen molar-refractivity contribution in [3.05, 3.63) is 52.6 Å². The number of methoxy groups -OCH3 is 1. The van der Waals surface area contributed by atoms with Crippen LogP contribution < -0.4 is 20.3 Å². The summed E-state index contributed by atoms with van der Waals surface area (Å²) in [5.41, 5.74) is 1.36. The highest BCUT2D eigenvalue weighted by Crippen LogP contribution is 2.31. The van der Waals surface area contributed by atoms with Crippen LogP contribution in [0.4, 0.5) is 22.7 Å². The van der Waals surface area contributed by atoms with Gasteiger partial charge in [-0.1, -0.05) is 0 Å². The Kier molecular flexibility index (Phi) is 5.95. The zero-order valence-electron chi connectivity index (χ0n) is 16.4. The fourth-order valence-corrected chi connectivity index (χ4v) is 3.19. The van der Waals surface area contributed by atoms with Crippen molar-refractivity contribution in [2.45, 2.75) is 13.3 Å². The van der Waals surface area contributed by atoms with E-state index in [0.29, 0.717) is 17.1 Å². The highest BCUT2D eigenvalue weighted by Gasteiger charge is 2.35. The number of ether oxygens (including phenoxy) is 1. The van der Waals surface area contributed by atoms with Crippen molar-refractivity contribution >= 4 is 40.5 Å². The minimum atomic E-state index is -0.590. The molecule has 1 saturated heterocycles. The zero-order valence-corrected chi connectivity index (χ0v) is 16.4. The van der Waals surface area contributed by atoms with Gasteiger partial charge in [-0.25, -0.2) is 0 Å². The quantitative estimate of drug-likeness (QED) is 0.554. The van der Waals surface area contributed by atoms with Crippen LogP contribution in [0.15, 0.2) is 42.5 Å². The van der Waals surface area contributed by atoms with Gasteiger partial charge in [0.1, 0.15) is 5.75 Å². The van der Waals surface area contributed by atoms with E-state index in [9.17, 15) is 24.5 Å². The zero-order chi connectivity index (χ0) is 21.8. The smallest absolute Gasteiger partial charge is 0.273 e. The lowest BCUT2D eigenvalue weighted by Gasteiger charge is -2.17. The number of nitro benzene ring substituents is 1. The van der Waals surface area contributed by atoms with Crippen molar-refractivity contribution in [2.24, 2.45) is 5.92 Å². The normalized spacial score (nSPS) is 15.6. The van der Waals surface area contributed by atoms with Gasteiger partial charge >= 0.3 is 0 Å². The van der Waals surface area contributed by atoms with E-state index < -0.39 is 10.8 Å². The fourth-order valence-electron chi connectivity index (χ4n) is 3.19. The number of amides is 3. The first-order valence-corrected chi connectivity index (χ1v) is 9.10. The number of hydrogen-bond donors (Lipinski definition) is 2. The van der Waals surface area contributed by atoms with E-state index in [2.05, 4.69) is 10.6 Å². The first kappa shape index (κ1) is 20.8. The van der Waals surface area contributed by atoms with Gasteiger partial charge < -0.3 is 20.3 Å². The number of nitro groups is 1. The van der Waals surface area contributed by atoms with Crippen LogP contribution in [-0.2, 0) is 14.4 Å². The molecular formula is C20H20N4O6. The molecule has 10 heteroatoms. The lowest BCUT2D eigenvalue weighted by atomic mass is 10.1. The van der Waals surface area contributed by atoms with Gasteiger partial charge in [-0.3, -0.25) is 24.5 Å². The van der Waals surface area contributed by atoms with Crippen molar-refractivity contribution in [3.8, 4) is 5.75 Å². The maximum absolute atomic E-state index is 12.7. The van der Waals surface area contributed by atoms with Gasteiger partial charge in [-0.05, 0) is 30.3 Å². The molecule has 3 rings (SSSR count). The molecule has 1 fully saturated rings. The minimum absolute atomic E-state index is 0.0363. The SMILES string of the molecule is COc1cc([N+](=O)[O-])ccc1NC(=O)C1CC(=O)N(c2ccc(NC(C)=O)cc2)C1. The van der Waals surface area contributed by atoms with E-state index in [1.54, 1.807) is 24.3 Å². The van der Waals surface area contributed by atoms with E-state index in [4.69, 9.17) is 4.74 Å². The maximum Gasteiger partial charge on any atom is 0.273 e. The highest BCUT2D eigenvalue weighted by atomic mass is 16.6. The first-order chi connectivity index (χ1) is 14.3. The van der Waals surface area contributed by atoms with E-state index in [1.807, 2.05) is 0 Å². The van der Waals surface area contributed by atoms with E-state index in [0.717, 1.165) is 0 Å². The summed E-state index contributed by atoms with van der Waals surface area (Å²) in [4.78, 5) is 48.0. The standard InChI is InChI=1S/C20H20N4O6/c1-12(25)21-14-3-5-15(6-4-14)23-11-13(9-19(23)26)20(27)22-17-8-7-16(24(28)29)10-18(17)30-2/h3-8,10,13H,9,11H2,1-2H3,(H,21,25)(H,22,27). The average Bonchev–Trinajstić information content (AvgIpc) is 3.10. The van der Waals surface area contributed by atoms with Gasteiger partial charge in [-0.2, -0.15) is 0 Å². The Morgan fingerprint density at radius 2 is 1.87 bits per heavy atom. The second-order valence-corrected chi connectivity index (χ2v) is 6.76. The summed E-state index contributed by atoms with van der Waals surface area (Å²) >= 11 is 0. The van der Waals surface area contributed by atoms with Crippen molar-refractivity contribution in [1.29, 1.82) is 0 Å². The van der Waals surface area contributed by atoms with Gasteiger partial charge in [0.15, 0.2) is 0 Å². The van der Waals surface area contributed by atoms with Gasteiger partial charge in [0.25, 0.3) is 5.69 Å². The maximum atomic E-state index is 12.7. The summed E-state index contributed by atoms with van der Waals surface area (Å²) in [6.45, 7) is 1.60. The monoisotopic (exact) mass is 412 g/mol. The van der Waals surface area contributed by atoms with Crippen LogP contribution >= 0.6 is 0 Å². The van der Waals surface area contributed by atoms with Crippen molar-refractivity contribution in [3.63, 3.8) is 0 Å². The molecule has 1 atom stereocenters. The molecule has 2 aromatic carbocycles. The van der Waals surface area contributed by atoms with Crippen LogP contribution in [0, 0.1) is 16.0 Å². The number of nitrogens with zero attached hydrogens (tertiary/aromatic N) is 2. The molecule has 1 aliphatic rings. The lowest BCUT2D eigenvalue weighted by molar-refractivity contribution is -0.384. The number of carbonyl (C=O) groups is 3. The van der Waals surface area contributed by atoms with Crippen LogP contribution in [0.5, 0.6) is 5.75 Å². The molecule has 10 nitrogen and oxygen atoms in total. The molecule has 1 aliphatic heterocycles. The molecule has 0 spiro atoms. The van der Waals surface area contributed by atoms with E-state index >= 15 is 0 Å². The number of carbonyl (C=O) groups excluding carboxylic acids is 3. The van der Waals surface area contributed by atoms with Gasteiger partial charge in [-0.15, -0.1) is 0 Å². The number of hydrogen-bond acceptors (Lipinski definition) is 6. The fraction of sp³-hybridized carbons (Fsp3) is 0.250. The molecule has 3 amide bonds. The van der Waals surface area contributed by atoms with Gasteiger partial charge in [0.05, 0.1) is 29.7 Å². The second-order valence-electron chi connectivity index (χ2n) is 6.76. The summed E-state index contributed by atoms with van der Waals surface area (Å²) in [5.74, 6) is -1.20. The van der Waals surface area contributed by atoms with E-state index in [1.165, 1.54) is 37.1 Å². The largest absolute Gasteiger partial charge is 0.494 e. The Labute approximate surface area is 172 Å². The molecule has 0 radical (unpaired) electrons. The Balaban J connectivity index is 1.69. The van der Waals surface area contributed by atoms with Crippen LogP contribution in [0.2, 0.25) is 0 Å². The number of rotatable bonds is 6. The minimum Gasteiger partial charge on any atom is -0.494 e. The molecule has 0 aromatic heterocycles. The summed E-state index contributed by atoms with van der Waals surface area (Å²) in [6, 6.07) is 10.6. The third kappa shape index (κ3) is 4.54. The number of nitrogens with one attached hydrogen (secondary N) is 2. The molecule has 0 aliphatic carbocycles.